The fraction of sp³-hybridized carbons (Fsp3) is 0.278. The number of nitrogen functional groups attached to an aromatic ring is 1. The Kier molecular flexibility index (Phi) is 2.82. The van der Waals surface area contributed by atoms with Crippen LogP contribution in [0.4, 0.5) is 5.69 Å². The van der Waals surface area contributed by atoms with E-state index in [4.69, 9.17) is 10.8 Å². The van der Waals surface area contributed by atoms with Crippen LogP contribution in [0.25, 0.3) is 0 Å². The van der Waals surface area contributed by atoms with E-state index in [1.807, 2.05) is 6.07 Å². The van der Waals surface area contributed by atoms with Gasteiger partial charge in [0.2, 0.25) is 0 Å². The summed E-state index contributed by atoms with van der Waals surface area (Å²) in [6.07, 6.45) is 5.17. The zero-order chi connectivity index (χ0) is 14.3. The molecule has 1 heterocycles. The standard InChI is InChI=1S/C18H19N3/c19-21-17-8-4-7-16-15(17)9-10-20-18(16)12-14(18)11-13-5-2-1-3-6-13/h1-8,10,14,21H,9,11-12,19H2. The number of hydrogen-bond donors (Lipinski definition) is 2. The lowest BCUT2D eigenvalue weighted by Crippen LogP contribution is -2.20. The quantitative estimate of drug-likeness (QED) is 0.669. The van der Waals surface area contributed by atoms with Gasteiger partial charge in [0.1, 0.15) is 0 Å². The van der Waals surface area contributed by atoms with Crippen molar-refractivity contribution in [3.63, 3.8) is 0 Å². The maximum Gasteiger partial charge on any atom is 0.0892 e. The summed E-state index contributed by atoms with van der Waals surface area (Å²) in [4.78, 5) is 4.87. The number of hydrogen-bond acceptors (Lipinski definition) is 3. The first-order chi connectivity index (χ1) is 10.3. The van der Waals surface area contributed by atoms with E-state index >= 15 is 0 Å². The minimum atomic E-state index is -0.00369. The number of rotatable bonds is 3. The van der Waals surface area contributed by atoms with Gasteiger partial charge in [-0.3, -0.25) is 10.8 Å². The molecule has 3 N–H and O–H groups in total. The monoisotopic (exact) mass is 277 g/mol. The van der Waals surface area contributed by atoms with Crippen molar-refractivity contribution in [3.8, 4) is 0 Å². The van der Waals surface area contributed by atoms with Gasteiger partial charge in [0.25, 0.3) is 0 Å². The number of anilines is 1. The molecular formula is C18H19N3. The lowest BCUT2D eigenvalue weighted by Gasteiger charge is -2.23. The fourth-order valence-electron chi connectivity index (χ4n) is 3.66. The van der Waals surface area contributed by atoms with E-state index < -0.39 is 0 Å². The normalized spacial score (nSPS) is 25.7. The van der Waals surface area contributed by atoms with Gasteiger partial charge in [-0.05, 0) is 41.5 Å². The van der Waals surface area contributed by atoms with Gasteiger partial charge in [-0.25, -0.2) is 0 Å². The summed E-state index contributed by atoms with van der Waals surface area (Å²) in [5.41, 5.74) is 7.92. The van der Waals surface area contributed by atoms with Crippen molar-refractivity contribution in [3.05, 3.63) is 65.2 Å². The molecule has 0 saturated heterocycles. The second-order valence-electron chi connectivity index (χ2n) is 6.01. The number of nitrogens with two attached hydrogens (primary N) is 1. The van der Waals surface area contributed by atoms with Gasteiger partial charge in [-0.15, -0.1) is 0 Å². The predicted octanol–water partition coefficient (Wildman–Crippen LogP) is 3.06. The molecule has 1 aliphatic carbocycles. The SMILES string of the molecule is NNc1cccc2c1CC=NC21CC1Cc1ccccc1. The average molecular weight is 277 g/mol. The summed E-state index contributed by atoms with van der Waals surface area (Å²) in [5.74, 6) is 6.25. The Bertz CT molecular complexity index is 693. The fourth-order valence-corrected chi connectivity index (χ4v) is 3.66. The largest absolute Gasteiger partial charge is 0.324 e. The molecule has 21 heavy (non-hydrogen) atoms. The van der Waals surface area contributed by atoms with Crippen molar-refractivity contribution in [1.29, 1.82) is 0 Å². The van der Waals surface area contributed by atoms with Crippen LogP contribution in [0, 0.1) is 5.92 Å². The third kappa shape index (κ3) is 1.96. The summed E-state index contributed by atoms with van der Waals surface area (Å²) >= 11 is 0. The molecular weight excluding hydrogens is 258 g/mol. The number of nitrogens with one attached hydrogen (secondary N) is 1. The summed E-state index contributed by atoms with van der Waals surface area (Å²) in [7, 11) is 0. The van der Waals surface area contributed by atoms with E-state index in [1.54, 1.807) is 0 Å². The summed E-state index contributed by atoms with van der Waals surface area (Å²) < 4.78 is 0. The molecule has 2 aromatic carbocycles. The van der Waals surface area contributed by atoms with Crippen molar-refractivity contribution in [2.45, 2.75) is 24.8 Å². The Hall–Kier alpha value is -2.13. The zero-order valence-corrected chi connectivity index (χ0v) is 11.9. The van der Waals surface area contributed by atoms with Gasteiger partial charge in [0, 0.05) is 12.6 Å². The van der Waals surface area contributed by atoms with Crippen LogP contribution in [0.2, 0.25) is 0 Å². The van der Waals surface area contributed by atoms with Gasteiger partial charge < -0.3 is 5.43 Å². The molecule has 1 aliphatic heterocycles. The molecule has 0 radical (unpaired) electrons. The van der Waals surface area contributed by atoms with Crippen LogP contribution in [0.1, 0.15) is 23.1 Å². The summed E-state index contributed by atoms with van der Waals surface area (Å²) in [6.45, 7) is 0. The molecule has 3 nitrogen and oxygen atoms in total. The molecule has 0 bridgehead atoms. The van der Waals surface area contributed by atoms with Gasteiger partial charge in [-0.2, -0.15) is 0 Å². The highest BCUT2D eigenvalue weighted by Gasteiger charge is 2.56. The van der Waals surface area contributed by atoms with Crippen LogP contribution in [-0.2, 0) is 18.4 Å². The Morgan fingerprint density at radius 2 is 2.00 bits per heavy atom. The maximum absolute atomic E-state index is 5.65. The molecule has 1 saturated carbocycles. The Morgan fingerprint density at radius 3 is 2.81 bits per heavy atom. The molecule has 2 unspecified atom stereocenters. The van der Waals surface area contributed by atoms with E-state index in [0.29, 0.717) is 5.92 Å². The number of aliphatic imine (C=N–C) groups is 1. The first kappa shape index (κ1) is 12.6. The number of hydrazine groups is 1. The van der Waals surface area contributed by atoms with Crippen LogP contribution >= 0.6 is 0 Å². The molecule has 0 aromatic heterocycles. The van der Waals surface area contributed by atoms with Gasteiger partial charge in [-0.1, -0.05) is 42.5 Å². The first-order valence-corrected chi connectivity index (χ1v) is 7.50. The zero-order valence-electron chi connectivity index (χ0n) is 11.9. The Labute approximate surface area is 124 Å². The molecule has 2 atom stereocenters. The Morgan fingerprint density at radius 1 is 1.14 bits per heavy atom. The lowest BCUT2D eigenvalue weighted by atomic mass is 9.90. The predicted molar refractivity (Wildman–Crippen MR) is 86.4 cm³/mol. The van der Waals surface area contributed by atoms with Crippen LogP contribution in [-0.4, -0.2) is 6.21 Å². The first-order valence-electron chi connectivity index (χ1n) is 7.50. The van der Waals surface area contributed by atoms with Crippen molar-refractivity contribution in [2.24, 2.45) is 16.8 Å². The van der Waals surface area contributed by atoms with Crippen molar-refractivity contribution >= 4 is 11.9 Å². The molecule has 2 aliphatic rings. The van der Waals surface area contributed by atoms with Crippen LogP contribution < -0.4 is 11.3 Å². The Balaban J connectivity index is 1.66. The topological polar surface area (TPSA) is 50.4 Å². The van der Waals surface area contributed by atoms with E-state index in [9.17, 15) is 0 Å². The maximum atomic E-state index is 5.65. The lowest BCUT2D eigenvalue weighted by molar-refractivity contribution is 0.619. The second-order valence-corrected chi connectivity index (χ2v) is 6.01. The minimum Gasteiger partial charge on any atom is -0.324 e. The molecule has 106 valence electrons. The summed E-state index contributed by atoms with van der Waals surface area (Å²) in [6, 6.07) is 17.0. The van der Waals surface area contributed by atoms with Crippen molar-refractivity contribution < 1.29 is 0 Å². The van der Waals surface area contributed by atoms with E-state index in [-0.39, 0.29) is 5.54 Å². The van der Waals surface area contributed by atoms with Gasteiger partial charge in [0.15, 0.2) is 0 Å². The number of fused-ring (bicyclic) bond motifs is 2. The highest BCUT2D eigenvalue weighted by atomic mass is 15.2. The third-order valence-electron chi connectivity index (χ3n) is 4.81. The van der Waals surface area contributed by atoms with Crippen LogP contribution in [0.3, 0.4) is 0 Å². The van der Waals surface area contributed by atoms with Crippen molar-refractivity contribution in [1.82, 2.24) is 0 Å². The molecule has 4 rings (SSSR count). The van der Waals surface area contributed by atoms with Gasteiger partial charge >= 0.3 is 0 Å². The van der Waals surface area contributed by atoms with E-state index in [0.717, 1.165) is 24.9 Å². The second kappa shape index (κ2) is 4.71. The van der Waals surface area contributed by atoms with Crippen LogP contribution in [0.15, 0.2) is 53.5 Å². The third-order valence-corrected chi connectivity index (χ3v) is 4.81. The molecule has 0 amide bonds. The summed E-state index contributed by atoms with van der Waals surface area (Å²) in [5, 5.41) is 0. The molecule has 2 aromatic rings. The molecule has 3 heteroatoms. The number of benzene rings is 2. The highest BCUT2D eigenvalue weighted by Crippen LogP contribution is 2.59. The van der Waals surface area contributed by atoms with Crippen LogP contribution in [0.5, 0.6) is 0 Å². The van der Waals surface area contributed by atoms with E-state index in [2.05, 4.69) is 54.1 Å². The molecule has 1 fully saturated rings. The van der Waals surface area contributed by atoms with Gasteiger partial charge in [0.05, 0.1) is 11.2 Å². The minimum absolute atomic E-state index is 0.00369. The highest BCUT2D eigenvalue weighted by molar-refractivity contribution is 5.73. The number of nitrogens with zero attached hydrogens (tertiary/aromatic N) is 1. The van der Waals surface area contributed by atoms with E-state index in [1.165, 1.54) is 16.7 Å². The average Bonchev–Trinajstić information content (AvgIpc) is 3.21. The van der Waals surface area contributed by atoms with Crippen molar-refractivity contribution in [2.75, 3.05) is 5.43 Å². The molecule has 1 spiro atoms. The smallest absolute Gasteiger partial charge is 0.0892 e.